The third-order valence-electron chi connectivity index (χ3n) is 5.71. The van der Waals surface area contributed by atoms with E-state index in [9.17, 15) is 9.59 Å². The van der Waals surface area contributed by atoms with E-state index in [1.54, 1.807) is 50.3 Å². The number of thiophene rings is 1. The van der Waals surface area contributed by atoms with Crippen LogP contribution >= 0.6 is 11.3 Å². The monoisotopic (exact) mass is 468 g/mol. The molecule has 1 aliphatic heterocycles. The first kappa shape index (κ1) is 23.2. The summed E-state index contributed by atoms with van der Waals surface area (Å²) in [6, 6.07) is 12.2. The summed E-state index contributed by atoms with van der Waals surface area (Å²) >= 11 is 1.56. The quantitative estimate of drug-likeness (QED) is 0.458. The molecule has 1 N–H and O–H groups in total. The van der Waals surface area contributed by atoms with Crippen molar-refractivity contribution in [2.75, 3.05) is 11.9 Å². The molecule has 1 aromatic heterocycles. The number of carbonyl (C=O) groups excluding carboxylic acids is 2. The minimum atomic E-state index is -0.701. The number of rotatable bonds is 3. The van der Waals surface area contributed by atoms with Crippen molar-refractivity contribution in [3.63, 3.8) is 0 Å². The molecular formula is C26H29FN2O3S. The number of carbonyl (C=O) groups is 2. The normalized spacial score (nSPS) is 17.0. The molecule has 1 atom stereocenters. The number of ether oxygens (including phenoxy) is 1. The van der Waals surface area contributed by atoms with Crippen molar-refractivity contribution in [2.45, 2.75) is 58.1 Å². The zero-order chi connectivity index (χ0) is 23.6. The number of likely N-dealkylation sites (tertiary alicyclic amines) is 1. The lowest BCUT2D eigenvalue weighted by Gasteiger charge is -2.31. The van der Waals surface area contributed by atoms with Crippen LogP contribution in [0.5, 0.6) is 0 Å². The first-order valence-electron chi connectivity index (χ1n) is 11.3. The molecule has 1 saturated heterocycles. The largest absolute Gasteiger partial charge is 0.444 e. The van der Waals surface area contributed by atoms with Gasteiger partial charge in [0, 0.05) is 27.8 Å². The van der Waals surface area contributed by atoms with E-state index in [1.165, 1.54) is 4.90 Å². The van der Waals surface area contributed by atoms with Gasteiger partial charge in [-0.1, -0.05) is 43.2 Å². The third kappa shape index (κ3) is 5.19. The zero-order valence-corrected chi connectivity index (χ0v) is 20.0. The summed E-state index contributed by atoms with van der Waals surface area (Å²) in [5.41, 5.74) is 0.694. The van der Waals surface area contributed by atoms with Crippen LogP contribution in [-0.4, -0.2) is 35.1 Å². The Morgan fingerprint density at radius 2 is 1.85 bits per heavy atom. The van der Waals surface area contributed by atoms with Crippen LogP contribution in [0.2, 0.25) is 0 Å². The molecule has 1 aliphatic rings. The van der Waals surface area contributed by atoms with Crippen molar-refractivity contribution < 1.29 is 18.7 Å². The van der Waals surface area contributed by atoms with E-state index in [-0.39, 0.29) is 5.69 Å². The highest BCUT2D eigenvalue weighted by Crippen LogP contribution is 2.37. The fourth-order valence-corrected chi connectivity index (χ4v) is 5.12. The van der Waals surface area contributed by atoms with Gasteiger partial charge in [-0.05, 0) is 51.1 Å². The van der Waals surface area contributed by atoms with E-state index < -0.39 is 29.5 Å². The maximum absolute atomic E-state index is 15.5. The van der Waals surface area contributed by atoms with Gasteiger partial charge < -0.3 is 10.1 Å². The Morgan fingerprint density at radius 1 is 1.06 bits per heavy atom. The maximum atomic E-state index is 15.5. The van der Waals surface area contributed by atoms with E-state index in [2.05, 4.69) is 5.32 Å². The van der Waals surface area contributed by atoms with Gasteiger partial charge in [-0.3, -0.25) is 9.69 Å². The molecule has 2 aromatic carbocycles. The zero-order valence-electron chi connectivity index (χ0n) is 19.2. The maximum Gasteiger partial charge on any atom is 0.410 e. The summed E-state index contributed by atoms with van der Waals surface area (Å²) < 4.78 is 22.1. The van der Waals surface area contributed by atoms with Gasteiger partial charge in [0.15, 0.2) is 5.82 Å². The Balaban J connectivity index is 1.59. The highest BCUT2D eigenvalue weighted by Gasteiger charge is 2.34. The fourth-order valence-electron chi connectivity index (χ4n) is 4.16. The van der Waals surface area contributed by atoms with E-state index in [1.807, 2.05) is 29.6 Å². The number of fused-ring (bicyclic) bond motifs is 1. The molecule has 5 nitrogen and oxygen atoms in total. The molecule has 7 heteroatoms. The summed E-state index contributed by atoms with van der Waals surface area (Å²) in [6.45, 7) is 5.84. The Hall–Kier alpha value is -2.93. The smallest absolute Gasteiger partial charge is 0.410 e. The van der Waals surface area contributed by atoms with Crippen LogP contribution in [0.25, 0.3) is 21.2 Å². The topological polar surface area (TPSA) is 58.6 Å². The number of amides is 2. The van der Waals surface area contributed by atoms with Crippen LogP contribution in [0.4, 0.5) is 14.9 Å². The van der Waals surface area contributed by atoms with Crippen LogP contribution in [0.3, 0.4) is 0 Å². The van der Waals surface area contributed by atoms with E-state index in [0.29, 0.717) is 18.5 Å². The SMILES string of the molecule is CC(C)(C)OC(=O)N1CCCCC[C@H]1C(=O)Nc1cccc(-c2csc3ccccc23)c1F. The lowest BCUT2D eigenvalue weighted by Crippen LogP contribution is -2.48. The lowest BCUT2D eigenvalue weighted by molar-refractivity contribution is -0.121. The van der Waals surface area contributed by atoms with Gasteiger partial charge in [-0.25, -0.2) is 9.18 Å². The molecule has 33 heavy (non-hydrogen) atoms. The van der Waals surface area contributed by atoms with E-state index in [0.717, 1.165) is 34.9 Å². The van der Waals surface area contributed by atoms with Gasteiger partial charge in [-0.15, -0.1) is 11.3 Å². The molecule has 0 aliphatic carbocycles. The highest BCUT2D eigenvalue weighted by molar-refractivity contribution is 7.17. The molecule has 2 amide bonds. The van der Waals surface area contributed by atoms with Crippen LogP contribution in [0.1, 0.15) is 46.5 Å². The fraction of sp³-hybridized carbons (Fsp3) is 0.385. The predicted molar refractivity (Wildman–Crippen MR) is 131 cm³/mol. The van der Waals surface area contributed by atoms with E-state index in [4.69, 9.17) is 4.74 Å². The highest BCUT2D eigenvalue weighted by atomic mass is 32.1. The van der Waals surface area contributed by atoms with Gasteiger partial charge in [0.2, 0.25) is 5.91 Å². The van der Waals surface area contributed by atoms with Crippen molar-refractivity contribution in [3.8, 4) is 11.1 Å². The lowest BCUT2D eigenvalue weighted by atomic mass is 10.0. The molecule has 174 valence electrons. The van der Waals surface area contributed by atoms with E-state index >= 15 is 4.39 Å². The summed E-state index contributed by atoms with van der Waals surface area (Å²) in [7, 11) is 0. The first-order chi connectivity index (χ1) is 15.7. The first-order valence-corrected chi connectivity index (χ1v) is 12.2. The van der Waals surface area contributed by atoms with Crippen LogP contribution in [0.15, 0.2) is 47.8 Å². The Kier molecular flexibility index (Phi) is 6.70. The minimum Gasteiger partial charge on any atom is -0.444 e. The average molecular weight is 469 g/mol. The second kappa shape index (κ2) is 9.51. The molecule has 0 saturated carbocycles. The second-order valence-corrected chi connectivity index (χ2v) is 10.3. The molecular weight excluding hydrogens is 439 g/mol. The molecule has 0 radical (unpaired) electrons. The minimum absolute atomic E-state index is 0.112. The predicted octanol–water partition coefficient (Wildman–Crippen LogP) is 6.83. The number of anilines is 1. The van der Waals surface area contributed by atoms with Gasteiger partial charge in [0.1, 0.15) is 11.6 Å². The standard InChI is InChI=1S/C26H29FN2O3S/c1-26(2,3)32-25(31)29-15-8-4-5-13-21(29)24(30)28-20-12-9-11-18(23(20)27)19-16-33-22-14-7-6-10-17(19)22/h6-7,9-12,14,16,21H,4-5,8,13,15H2,1-3H3,(H,28,30)/t21-/m0/s1. The summed E-state index contributed by atoms with van der Waals surface area (Å²) in [6.07, 6.45) is 2.56. The Morgan fingerprint density at radius 3 is 2.64 bits per heavy atom. The summed E-state index contributed by atoms with van der Waals surface area (Å²) in [5.74, 6) is -0.874. The molecule has 0 unspecified atom stereocenters. The molecule has 0 spiro atoms. The third-order valence-corrected chi connectivity index (χ3v) is 6.67. The van der Waals surface area contributed by atoms with Gasteiger partial charge in [0.25, 0.3) is 0 Å². The number of hydrogen-bond acceptors (Lipinski definition) is 4. The summed E-state index contributed by atoms with van der Waals surface area (Å²) in [5, 5.41) is 5.66. The van der Waals surface area contributed by atoms with Crippen molar-refractivity contribution >= 4 is 39.1 Å². The number of benzene rings is 2. The Labute approximate surface area is 197 Å². The molecule has 3 aromatic rings. The Bertz CT molecular complexity index is 1170. The molecule has 4 rings (SSSR count). The van der Waals surface area contributed by atoms with Gasteiger partial charge in [0.05, 0.1) is 5.69 Å². The molecule has 1 fully saturated rings. The number of hydrogen-bond donors (Lipinski definition) is 1. The van der Waals surface area contributed by atoms with Crippen molar-refractivity contribution in [1.82, 2.24) is 4.90 Å². The second-order valence-electron chi connectivity index (χ2n) is 9.34. The number of nitrogens with zero attached hydrogens (tertiary/aromatic N) is 1. The van der Waals surface area contributed by atoms with Crippen LogP contribution < -0.4 is 5.32 Å². The number of nitrogens with one attached hydrogen (secondary N) is 1. The molecule has 2 heterocycles. The number of halogens is 1. The van der Waals surface area contributed by atoms with Crippen LogP contribution in [0, 0.1) is 5.82 Å². The van der Waals surface area contributed by atoms with Crippen molar-refractivity contribution in [3.05, 3.63) is 53.7 Å². The van der Waals surface area contributed by atoms with Crippen molar-refractivity contribution in [2.24, 2.45) is 0 Å². The molecule has 0 bridgehead atoms. The average Bonchev–Trinajstić information content (AvgIpc) is 3.02. The van der Waals surface area contributed by atoms with Gasteiger partial charge in [-0.2, -0.15) is 0 Å². The van der Waals surface area contributed by atoms with Crippen LogP contribution in [-0.2, 0) is 9.53 Å². The van der Waals surface area contributed by atoms with Gasteiger partial charge >= 0.3 is 6.09 Å². The van der Waals surface area contributed by atoms with Crippen molar-refractivity contribution in [1.29, 1.82) is 0 Å². The summed E-state index contributed by atoms with van der Waals surface area (Å²) in [4.78, 5) is 27.5.